The summed E-state index contributed by atoms with van der Waals surface area (Å²) in [6, 6.07) is 8.35. The summed E-state index contributed by atoms with van der Waals surface area (Å²) in [6.07, 6.45) is 2.67. The molecule has 2 atom stereocenters. The Kier molecular flexibility index (Phi) is 3.73. The van der Waals surface area contributed by atoms with Gasteiger partial charge in [-0.2, -0.15) is 4.98 Å². The van der Waals surface area contributed by atoms with E-state index in [0.29, 0.717) is 12.3 Å². The molecule has 0 radical (unpaired) electrons. The summed E-state index contributed by atoms with van der Waals surface area (Å²) < 4.78 is 5.29. The number of aryl methyl sites for hydroxylation is 1. The first-order valence-corrected chi connectivity index (χ1v) is 7.25. The van der Waals surface area contributed by atoms with Crippen molar-refractivity contribution in [2.75, 3.05) is 0 Å². The van der Waals surface area contributed by atoms with Crippen molar-refractivity contribution in [1.29, 1.82) is 0 Å². The van der Waals surface area contributed by atoms with Crippen LogP contribution in [0.2, 0.25) is 0 Å². The van der Waals surface area contributed by atoms with Gasteiger partial charge in [0.2, 0.25) is 5.89 Å². The van der Waals surface area contributed by atoms with Crippen LogP contribution in [0.25, 0.3) is 0 Å². The molecule has 0 spiro atoms. The largest absolute Gasteiger partial charge is 0.481 e. The third-order valence-corrected chi connectivity index (χ3v) is 3.97. The molecule has 1 N–H and O–H groups in total. The van der Waals surface area contributed by atoms with E-state index in [9.17, 15) is 4.79 Å². The van der Waals surface area contributed by atoms with Gasteiger partial charge in [0.1, 0.15) is 0 Å². The van der Waals surface area contributed by atoms with Crippen LogP contribution in [-0.2, 0) is 17.6 Å². The first-order valence-electron chi connectivity index (χ1n) is 7.25. The van der Waals surface area contributed by atoms with Gasteiger partial charge in [0, 0.05) is 18.8 Å². The smallest absolute Gasteiger partial charge is 0.303 e. The van der Waals surface area contributed by atoms with Crippen LogP contribution >= 0.6 is 0 Å². The van der Waals surface area contributed by atoms with Gasteiger partial charge in [-0.15, -0.1) is 0 Å². The van der Waals surface area contributed by atoms with E-state index in [-0.39, 0.29) is 18.3 Å². The van der Waals surface area contributed by atoms with E-state index >= 15 is 0 Å². The fraction of sp³-hybridized carbons (Fsp3) is 0.438. The molecule has 0 bridgehead atoms. The molecule has 3 rings (SSSR count). The highest BCUT2D eigenvalue weighted by Gasteiger charge is 2.27. The van der Waals surface area contributed by atoms with Crippen LogP contribution in [0, 0.1) is 5.92 Å². The van der Waals surface area contributed by atoms with Gasteiger partial charge < -0.3 is 9.63 Å². The van der Waals surface area contributed by atoms with E-state index in [1.807, 2.05) is 13.0 Å². The summed E-state index contributed by atoms with van der Waals surface area (Å²) in [5, 5.41) is 12.9. The lowest BCUT2D eigenvalue weighted by Gasteiger charge is -2.05. The molecule has 0 saturated carbocycles. The highest BCUT2D eigenvalue weighted by Crippen LogP contribution is 2.36. The predicted octanol–water partition coefficient (Wildman–Crippen LogP) is 2.80. The van der Waals surface area contributed by atoms with Crippen molar-refractivity contribution in [3.05, 3.63) is 47.1 Å². The molecular formula is C16H18N2O3. The fourth-order valence-corrected chi connectivity index (χ4v) is 2.99. The van der Waals surface area contributed by atoms with Crippen LogP contribution in [0.1, 0.15) is 48.5 Å². The maximum Gasteiger partial charge on any atom is 0.303 e. The van der Waals surface area contributed by atoms with Crippen molar-refractivity contribution in [3.8, 4) is 0 Å². The molecule has 0 amide bonds. The Morgan fingerprint density at radius 1 is 1.48 bits per heavy atom. The lowest BCUT2D eigenvalue weighted by atomic mass is 10.0. The second-order valence-corrected chi connectivity index (χ2v) is 5.74. The Balaban J connectivity index is 1.73. The normalized spacial score (nSPS) is 18.4. The second-order valence-electron chi connectivity index (χ2n) is 5.74. The fourth-order valence-electron chi connectivity index (χ4n) is 2.99. The molecule has 5 nitrogen and oxygen atoms in total. The molecular weight excluding hydrogens is 268 g/mol. The van der Waals surface area contributed by atoms with Gasteiger partial charge in [-0.05, 0) is 29.9 Å². The van der Waals surface area contributed by atoms with Gasteiger partial charge in [-0.1, -0.05) is 36.3 Å². The standard InChI is InChI=1S/C16H18N2O3/c1-10(9-15(19)20)8-14-17-16(18-21-14)13-7-6-11-4-2-3-5-12(11)13/h2-5,10,13H,6-9H2,1H3,(H,19,20). The van der Waals surface area contributed by atoms with E-state index in [0.717, 1.165) is 18.7 Å². The third kappa shape index (κ3) is 2.96. The summed E-state index contributed by atoms with van der Waals surface area (Å²) in [4.78, 5) is 15.2. The molecule has 0 fully saturated rings. The van der Waals surface area contributed by atoms with Gasteiger partial charge in [-0.3, -0.25) is 4.79 Å². The van der Waals surface area contributed by atoms with Crippen LogP contribution < -0.4 is 0 Å². The van der Waals surface area contributed by atoms with E-state index in [1.54, 1.807) is 0 Å². The molecule has 2 unspecified atom stereocenters. The van der Waals surface area contributed by atoms with E-state index in [4.69, 9.17) is 9.63 Å². The first kappa shape index (κ1) is 13.8. The van der Waals surface area contributed by atoms with Crippen molar-refractivity contribution in [2.45, 2.75) is 38.5 Å². The number of carbonyl (C=O) groups is 1. The third-order valence-electron chi connectivity index (χ3n) is 3.97. The quantitative estimate of drug-likeness (QED) is 0.914. The number of carboxylic acids is 1. The average Bonchev–Trinajstić information content (AvgIpc) is 3.03. The topological polar surface area (TPSA) is 76.2 Å². The van der Waals surface area contributed by atoms with Crippen LogP contribution in [0.4, 0.5) is 0 Å². The number of benzene rings is 1. The SMILES string of the molecule is CC(CC(=O)O)Cc1nc(C2CCc3ccccc32)no1. The Morgan fingerprint density at radius 2 is 2.29 bits per heavy atom. The van der Waals surface area contributed by atoms with Crippen molar-refractivity contribution in [2.24, 2.45) is 5.92 Å². The van der Waals surface area contributed by atoms with Crippen molar-refractivity contribution >= 4 is 5.97 Å². The summed E-state index contributed by atoms with van der Waals surface area (Å²) in [5.41, 5.74) is 2.64. The van der Waals surface area contributed by atoms with Gasteiger partial charge in [-0.25, -0.2) is 0 Å². The predicted molar refractivity (Wildman–Crippen MR) is 76.0 cm³/mol. The molecule has 21 heavy (non-hydrogen) atoms. The minimum atomic E-state index is -0.799. The number of rotatable bonds is 5. The van der Waals surface area contributed by atoms with Gasteiger partial charge in [0.05, 0.1) is 0 Å². The van der Waals surface area contributed by atoms with Crippen molar-refractivity contribution in [1.82, 2.24) is 10.1 Å². The maximum absolute atomic E-state index is 10.7. The van der Waals surface area contributed by atoms with E-state index in [2.05, 4.69) is 28.3 Å². The molecule has 1 aliphatic carbocycles. The number of aliphatic carboxylic acids is 1. The van der Waals surface area contributed by atoms with Gasteiger partial charge in [0.25, 0.3) is 0 Å². The number of hydrogen-bond acceptors (Lipinski definition) is 4. The average molecular weight is 286 g/mol. The molecule has 0 aliphatic heterocycles. The zero-order chi connectivity index (χ0) is 14.8. The van der Waals surface area contributed by atoms with Crippen LogP contribution in [0.3, 0.4) is 0 Å². The monoisotopic (exact) mass is 286 g/mol. The molecule has 5 heteroatoms. The Hall–Kier alpha value is -2.17. The zero-order valence-electron chi connectivity index (χ0n) is 12.0. The summed E-state index contributed by atoms with van der Waals surface area (Å²) >= 11 is 0. The minimum Gasteiger partial charge on any atom is -0.481 e. The van der Waals surface area contributed by atoms with Crippen molar-refractivity contribution in [3.63, 3.8) is 0 Å². The highest BCUT2D eigenvalue weighted by molar-refractivity contribution is 5.66. The van der Waals surface area contributed by atoms with E-state index < -0.39 is 5.97 Å². The summed E-state index contributed by atoms with van der Waals surface area (Å²) in [6.45, 7) is 1.88. The number of carboxylic acid groups (broad SMARTS) is 1. The number of aromatic nitrogens is 2. The van der Waals surface area contributed by atoms with E-state index in [1.165, 1.54) is 11.1 Å². The molecule has 0 saturated heterocycles. The molecule has 1 heterocycles. The summed E-state index contributed by atoms with van der Waals surface area (Å²) in [5.74, 6) is 0.646. The van der Waals surface area contributed by atoms with Crippen LogP contribution in [0.15, 0.2) is 28.8 Å². The van der Waals surface area contributed by atoms with Gasteiger partial charge in [0.15, 0.2) is 5.82 Å². The lowest BCUT2D eigenvalue weighted by Crippen LogP contribution is -2.07. The maximum atomic E-state index is 10.7. The van der Waals surface area contributed by atoms with Crippen LogP contribution in [-0.4, -0.2) is 21.2 Å². The van der Waals surface area contributed by atoms with Crippen LogP contribution in [0.5, 0.6) is 0 Å². The zero-order valence-corrected chi connectivity index (χ0v) is 12.0. The number of hydrogen-bond donors (Lipinski definition) is 1. The molecule has 1 aromatic heterocycles. The molecule has 2 aromatic rings. The van der Waals surface area contributed by atoms with Gasteiger partial charge >= 0.3 is 5.97 Å². The minimum absolute atomic E-state index is 0.00772. The number of nitrogens with zero attached hydrogens (tertiary/aromatic N) is 2. The second kappa shape index (κ2) is 5.68. The highest BCUT2D eigenvalue weighted by atomic mass is 16.5. The Morgan fingerprint density at radius 3 is 3.10 bits per heavy atom. The molecule has 110 valence electrons. The molecule has 1 aromatic carbocycles. The Labute approximate surface area is 123 Å². The van der Waals surface area contributed by atoms with Crippen molar-refractivity contribution < 1.29 is 14.4 Å². The first-order chi connectivity index (χ1) is 10.1. The Bertz CT molecular complexity index is 650. The number of fused-ring (bicyclic) bond motifs is 1. The lowest BCUT2D eigenvalue weighted by molar-refractivity contribution is -0.137. The summed E-state index contributed by atoms with van der Waals surface area (Å²) in [7, 11) is 0. The molecule has 1 aliphatic rings.